The number of ketones is 1. The summed E-state index contributed by atoms with van der Waals surface area (Å²) in [6.07, 6.45) is -0.644. The maximum atomic E-state index is 10.5. The van der Waals surface area contributed by atoms with Crippen LogP contribution in [0.5, 0.6) is 0 Å². The molecule has 2 atom stereocenters. The first-order chi connectivity index (χ1) is 4.57. The van der Waals surface area contributed by atoms with Crippen LogP contribution in [0.3, 0.4) is 0 Å². The molecule has 0 saturated carbocycles. The zero-order chi connectivity index (χ0) is 8.15. The van der Waals surface area contributed by atoms with Crippen molar-refractivity contribution in [2.24, 2.45) is 11.5 Å². The van der Waals surface area contributed by atoms with Crippen molar-refractivity contribution in [2.75, 3.05) is 0 Å². The van der Waals surface area contributed by atoms with Crippen LogP contribution in [0.2, 0.25) is 0 Å². The number of carbonyl (C=O) groups excluding carboxylic acids is 1. The summed E-state index contributed by atoms with van der Waals surface area (Å²) >= 11 is 0. The normalized spacial score (nSPS) is 16.4. The molecule has 0 heterocycles. The molecule has 60 valence electrons. The van der Waals surface area contributed by atoms with Crippen LogP contribution in [0, 0.1) is 0 Å². The third kappa shape index (κ3) is 3.55. The van der Waals surface area contributed by atoms with Crippen LogP contribution in [-0.4, -0.2) is 18.2 Å². The third-order valence-electron chi connectivity index (χ3n) is 1.12. The molecule has 10 heavy (non-hydrogen) atoms. The van der Waals surface area contributed by atoms with E-state index in [4.69, 9.17) is 16.2 Å². The fourth-order valence-electron chi connectivity index (χ4n) is 0.380. The fraction of sp³-hybridized carbons (Fsp3) is 0.833. The Morgan fingerprint density at radius 3 is 2.40 bits per heavy atom. The number of hydrogen-bond donors (Lipinski definition) is 2. The minimum atomic E-state index is -0.866. The van der Waals surface area contributed by atoms with Crippen LogP contribution in [0.1, 0.15) is 20.3 Å². The van der Waals surface area contributed by atoms with Gasteiger partial charge in [-0.1, -0.05) is 6.92 Å². The average molecular weight is 146 g/mol. The van der Waals surface area contributed by atoms with Gasteiger partial charge in [0.2, 0.25) is 0 Å². The van der Waals surface area contributed by atoms with Gasteiger partial charge in [-0.3, -0.25) is 10.5 Å². The number of rotatable bonds is 4. The summed E-state index contributed by atoms with van der Waals surface area (Å²) in [4.78, 5) is 10.5. The Morgan fingerprint density at radius 1 is 1.60 bits per heavy atom. The number of carbonyl (C=O) groups is 1. The average Bonchev–Trinajstić information content (AvgIpc) is 1.87. The van der Waals surface area contributed by atoms with Crippen molar-refractivity contribution >= 4 is 5.78 Å². The molecule has 0 amide bonds. The number of nitrogens with two attached hydrogens (primary N) is 2. The molecule has 0 radical (unpaired) electrons. The Hall–Kier alpha value is -0.450. The Labute approximate surface area is 60.5 Å². The minimum absolute atomic E-state index is 0.205. The zero-order valence-corrected chi connectivity index (χ0v) is 6.33. The van der Waals surface area contributed by atoms with Crippen LogP contribution in [-0.2, 0) is 9.53 Å². The fourth-order valence-corrected chi connectivity index (χ4v) is 0.380. The van der Waals surface area contributed by atoms with Gasteiger partial charge in [0.15, 0.2) is 12.0 Å². The van der Waals surface area contributed by atoms with Gasteiger partial charge in [-0.05, 0) is 13.3 Å². The van der Waals surface area contributed by atoms with Crippen molar-refractivity contribution in [3.05, 3.63) is 0 Å². The topological polar surface area (TPSA) is 78.3 Å². The summed E-state index contributed by atoms with van der Waals surface area (Å²) in [6, 6.07) is 0. The molecule has 0 aromatic rings. The Bertz CT molecular complexity index is 116. The zero-order valence-electron chi connectivity index (χ0n) is 6.33. The summed E-state index contributed by atoms with van der Waals surface area (Å²) in [7, 11) is 0. The van der Waals surface area contributed by atoms with E-state index >= 15 is 0 Å². The standard InChI is InChI=1S/C6H14N2O2/c1-3-5(7)10-6(8)4(2)9/h5-6H,3,7-8H2,1-2H3. The van der Waals surface area contributed by atoms with Gasteiger partial charge >= 0.3 is 0 Å². The van der Waals surface area contributed by atoms with E-state index in [1.807, 2.05) is 6.92 Å². The Morgan fingerprint density at radius 2 is 2.10 bits per heavy atom. The lowest BCUT2D eigenvalue weighted by atomic mass is 10.4. The molecule has 0 fully saturated rings. The monoisotopic (exact) mass is 146 g/mol. The van der Waals surface area contributed by atoms with Crippen LogP contribution in [0.15, 0.2) is 0 Å². The van der Waals surface area contributed by atoms with Crippen molar-refractivity contribution in [3.63, 3.8) is 0 Å². The van der Waals surface area contributed by atoms with Gasteiger partial charge < -0.3 is 10.5 Å². The summed E-state index contributed by atoms with van der Waals surface area (Å²) in [5.41, 5.74) is 10.6. The molecule has 0 spiro atoms. The summed E-state index contributed by atoms with van der Waals surface area (Å²) < 4.78 is 4.87. The smallest absolute Gasteiger partial charge is 0.173 e. The lowest BCUT2D eigenvalue weighted by Crippen LogP contribution is -2.38. The highest BCUT2D eigenvalue weighted by atomic mass is 16.5. The highest BCUT2D eigenvalue weighted by Gasteiger charge is 2.10. The highest BCUT2D eigenvalue weighted by molar-refractivity contribution is 5.79. The molecule has 0 aliphatic heterocycles. The molecule has 0 bridgehead atoms. The molecule has 2 unspecified atom stereocenters. The second-order valence-corrected chi connectivity index (χ2v) is 2.11. The summed E-state index contributed by atoms with van der Waals surface area (Å²) in [5.74, 6) is -0.205. The molecule has 0 aromatic heterocycles. The lowest BCUT2D eigenvalue weighted by molar-refractivity contribution is -0.131. The minimum Gasteiger partial charge on any atom is -0.338 e. The number of Topliss-reactive ketones (excluding diaryl/α,β-unsaturated/α-hetero) is 1. The maximum absolute atomic E-state index is 10.5. The van der Waals surface area contributed by atoms with Gasteiger partial charge in [-0.25, -0.2) is 0 Å². The largest absolute Gasteiger partial charge is 0.338 e. The molecule has 4 nitrogen and oxygen atoms in total. The van der Waals surface area contributed by atoms with Crippen molar-refractivity contribution in [3.8, 4) is 0 Å². The van der Waals surface area contributed by atoms with Gasteiger partial charge in [0.1, 0.15) is 6.23 Å². The van der Waals surface area contributed by atoms with Gasteiger partial charge in [0.25, 0.3) is 0 Å². The van der Waals surface area contributed by atoms with E-state index < -0.39 is 12.5 Å². The first kappa shape index (κ1) is 9.55. The molecule has 0 aromatic carbocycles. The van der Waals surface area contributed by atoms with Crippen molar-refractivity contribution in [2.45, 2.75) is 32.7 Å². The lowest BCUT2D eigenvalue weighted by Gasteiger charge is -2.14. The van der Waals surface area contributed by atoms with E-state index in [-0.39, 0.29) is 5.78 Å². The second kappa shape index (κ2) is 4.38. The van der Waals surface area contributed by atoms with Crippen LogP contribution in [0.25, 0.3) is 0 Å². The van der Waals surface area contributed by atoms with E-state index in [9.17, 15) is 4.79 Å². The summed E-state index contributed by atoms with van der Waals surface area (Å²) in [5, 5.41) is 0. The predicted octanol–water partition coefficient (Wildman–Crippen LogP) is -0.428. The van der Waals surface area contributed by atoms with E-state index in [2.05, 4.69) is 0 Å². The second-order valence-electron chi connectivity index (χ2n) is 2.11. The summed E-state index contributed by atoms with van der Waals surface area (Å²) in [6.45, 7) is 3.23. The van der Waals surface area contributed by atoms with Crippen molar-refractivity contribution < 1.29 is 9.53 Å². The molecule has 0 aliphatic carbocycles. The van der Waals surface area contributed by atoms with E-state index in [1.54, 1.807) is 0 Å². The van der Waals surface area contributed by atoms with Gasteiger partial charge in [-0.2, -0.15) is 0 Å². The maximum Gasteiger partial charge on any atom is 0.173 e. The first-order valence-electron chi connectivity index (χ1n) is 3.25. The van der Waals surface area contributed by atoms with E-state index in [1.165, 1.54) is 6.92 Å². The highest BCUT2D eigenvalue weighted by Crippen LogP contribution is 1.92. The van der Waals surface area contributed by atoms with Crippen LogP contribution >= 0.6 is 0 Å². The van der Waals surface area contributed by atoms with Gasteiger partial charge in [0, 0.05) is 0 Å². The molecular weight excluding hydrogens is 132 g/mol. The van der Waals surface area contributed by atoms with Crippen LogP contribution < -0.4 is 11.5 Å². The predicted molar refractivity (Wildman–Crippen MR) is 38.0 cm³/mol. The van der Waals surface area contributed by atoms with Gasteiger partial charge in [0.05, 0.1) is 0 Å². The Kier molecular flexibility index (Phi) is 4.18. The molecule has 4 N–H and O–H groups in total. The molecule has 4 heteroatoms. The molecular formula is C6H14N2O2. The van der Waals surface area contributed by atoms with E-state index in [0.29, 0.717) is 6.42 Å². The van der Waals surface area contributed by atoms with Crippen LogP contribution in [0.4, 0.5) is 0 Å². The Balaban J connectivity index is 3.56. The first-order valence-corrected chi connectivity index (χ1v) is 3.25. The molecule has 0 saturated heterocycles. The van der Waals surface area contributed by atoms with Crippen molar-refractivity contribution in [1.29, 1.82) is 0 Å². The SMILES string of the molecule is CCC(N)OC(N)C(C)=O. The van der Waals surface area contributed by atoms with Crippen molar-refractivity contribution in [1.82, 2.24) is 0 Å². The molecule has 0 rings (SSSR count). The number of hydrogen-bond acceptors (Lipinski definition) is 4. The number of ether oxygens (including phenoxy) is 1. The quantitative estimate of drug-likeness (QED) is 0.527. The third-order valence-corrected chi connectivity index (χ3v) is 1.12. The van der Waals surface area contributed by atoms with E-state index in [0.717, 1.165) is 0 Å². The van der Waals surface area contributed by atoms with Gasteiger partial charge in [-0.15, -0.1) is 0 Å². The molecule has 0 aliphatic rings.